The van der Waals surface area contributed by atoms with Gasteiger partial charge in [0.2, 0.25) is 0 Å². The zero-order valence-corrected chi connectivity index (χ0v) is 13.2. The molecule has 5 nitrogen and oxygen atoms in total. The molecular formula is C14H15NO4S2. The van der Waals surface area contributed by atoms with Crippen LogP contribution in [0.25, 0.3) is 0 Å². The molecule has 0 radical (unpaired) electrons. The average Bonchev–Trinajstić information content (AvgIpc) is 2.89. The normalized spacial score (nSPS) is 11.8. The van der Waals surface area contributed by atoms with Gasteiger partial charge in [-0.3, -0.25) is 0 Å². The molecule has 7 heteroatoms. The van der Waals surface area contributed by atoms with Crippen LogP contribution in [0.15, 0.2) is 39.9 Å². The Labute approximate surface area is 127 Å². The summed E-state index contributed by atoms with van der Waals surface area (Å²) in [5, 5.41) is 10.2. The highest BCUT2D eigenvalue weighted by Crippen LogP contribution is 2.24. The van der Waals surface area contributed by atoms with Crippen molar-refractivity contribution in [3.05, 3.63) is 52.4 Å². The highest BCUT2D eigenvalue weighted by atomic mass is 32.2. The molecule has 0 fully saturated rings. The fourth-order valence-corrected chi connectivity index (χ4v) is 4.39. The lowest BCUT2D eigenvalue weighted by molar-refractivity contribution is 0.0697. The molecule has 2 aromatic rings. The summed E-state index contributed by atoms with van der Waals surface area (Å²) < 4.78 is 26.1. The highest BCUT2D eigenvalue weighted by molar-refractivity contribution is 7.91. The summed E-state index contributed by atoms with van der Waals surface area (Å²) >= 11 is 0.916. The van der Waals surface area contributed by atoms with Gasteiger partial charge in [-0.05, 0) is 18.6 Å². The van der Waals surface area contributed by atoms with Crippen molar-refractivity contribution in [3.63, 3.8) is 0 Å². The molecule has 0 amide bonds. The number of aromatic carboxylic acids is 1. The maximum Gasteiger partial charge on any atom is 0.336 e. The van der Waals surface area contributed by atoms with Crippen molar-refractivity contribution in [2.75, 3.05) is 7.05 Å². The van der Waals surface area contributed by atoms with Gasteiger partial charge in [-0.15, -0.1) is 11.3 Å². The van der Waals surface area contributed by atoms with Gasteiger partial charge in [0, 0.05) is 19.0 Å². The average molecular weight is 325 g/mol. The number of hydrogen-bond donors (Lipinski definition) is 1. The molecule has 21 heavy (non-hydrogen) atoms. The van der Waals surface area contributed by atoms with Gasteiger partial charge in [0.25, 0.3) is 10.0 Å². The summed E-state index contributed by atoms with van der Waals surface area (Å²) in [4.78, 5) is 10.8. The summed E-state index contributed by atoms with van der Waals surface area (Å²) in [7, 11) is -2.19. The van der Waals surface area contributed by atoms with Crippen LogP contribution in [0.5, 0.6) is 0 Å². The lowest BCUT2D eigenvalue weighted by atomic mass is 10.1. The minimum Gasteiger partial charge on any atom is -0.478 e. The second-order valence-electron chi connectivity index (χ2n) is 4.71. The third kappa shape index (κ3) is 3.49. The van der Waals surface area contributed by atoms with Crippen LogP contribution >= 0.6 is 11.3 Å². The number of rotatable bonds is 5. The molecule has 0 aliphatic heterocycles. The lowest BCUT2D eigenvalue weighted by Crippen LogP contribution is -2.25. The van der Waals surface area contributed by atoms with Crippen LogP contribution in [-0.2, 0) is 16.6 Å². The third-order valence-electron chi connectivity index (χ3n) is 2.97. The van der Waals surface area contributed by atoms with E-state index in [1.54, 1.807) is 0 Å². The molecular weight excluding hydrogens is 310 g/mol. The van der Waals surface area contributed by atoms with Gasteiger partial charge in [-0.25, -0.2) is 13.2 Å². The van der Waals surface area contributed by atoms with Gasteiger partial charge in [0.05, 0.1) is 5.56 Å². The van der Waals surface area contributed by atoms with Crippen molar-refractivity contribution < 1.29 is 18.3 Å². The largest absolute Gasteiger partial charge is 0.478 e. The molecule has 0 aliphatic rings. The Bertz CT molecular complexity index is 765. The molecule has 112 valence electrons. The van der Waals surface area contributed by atoms with Gasteiger partial charge < -0.3 is 5.11 Å². The quantitative estimate of drug-likeness (QED) is 0.917. The van der Waals surface area contributed by atoms with E-state index in [9.17, 15) is 13.2 Å². The van der Waals surface area contributed by atoms with Crippen LogP contribution in [-0.4, -0.2) is 30.8 Å². The van der Waals surface area contributed by atoms with Gasteiger partial charge in [-0.1, -0.05) is 29.8 Å². The first kappa shape index (κ1) is 15.7. The molecule has 1 N–H and O–H groups in total. The molecule has 0 saturated heterocycles. The van der Waals surface area contributed by atoms with Gasteiger partial charge in [0.15, 0.2) is 0 Å². The highest BCUT2D eigenvalue weighted by Gasteiger charge is 2.24. The topological polar surface area (TPSA) is 74.7 Å². The monoisotopic (exact) mass is 325 g/mol. The predicted molar refractivity (Wildman–Crippen MR) is 81.1 cm³/mol. The van der Waals surface area contributed by atoms with Crippen LogP contribution in [0, 0.1) is 6.92 Å². The predicted octanol–water partition coefficient (Wildman–Crippen LogP) is 2.58. The number of nitrogens with zero attached hydrogens (tertiary/aromatic N) is 1. The van der Waals surface area contributed by atoms with E-state index >= 15 is 0 Å². The van der Waals surface area contributed by atoms with Gasteiger partial charge >= 0.3 is 5.97 Å². The number of thiophene rings is 1. The Balaban J connectivity index is 2.23. The molecule has 1 aromatic carbocycles. The first-order valence-electron chi connectivity index (χ1n) is 6.14. The van der Waals surface area contributed by atoms with Crippen molar-refractivity contribution in [1.29, 1.82) is 0 Å². The van der Waals surface area contributed by atoms with E-state index in [2.05, 4.69) is 0 Å². The van der Waals surface area contributed by atoms with Crippen molar-refractivity contribution in [2.24, 2.45) is 0 Å². The molecule has 0 spiro atoms. The Morgan fingerprint density at radius 3 is 2.62 bits per heavy atom. The maximum atomic E-state index is 12.4. The number of carbonyl (C=O) groups is 1. The summed E-state index contributed by atoms with van der Waals surface area (Å²) in [5.41, 5.74) is 1.93. The van der Waals surface area contributed by atoms with E-state index in [-0.39, 0.29) is 16.3 Å². The maximum absolute atomic E-state index is 12.4. The minimum atomic E-state index is -3.67. The SMILES string of the molecule is Cc1cccc(CN(C)S(=O)(=O)c2cc(C(=O)O)cs2)c1. The summed E-state index contributed by atoms with van der Waals surface area (Å²) in [6.45, 7) is 2.18. The van der Waals surface area contributed by atoms with E-state index < -0.39 is 16.0 Å². The van der Waals surface area contributed by atoms with E-state index in [0.717, 1.165) is 22.5 Å². The number of hydrogen-bond acceptors (Lipinski definition) is 4. The van der Waals surface area contributed by atoms with Crippen LogP contribution < -0.4 is 0 Å². The molecule has 0 bridgehead atoms. The molecule has 0 unspecified atom stereocenters. The fourth-order valence-electron chi connectivity index (χ4n) is 1.87. The number of carboxylic acid groups (broad SMARTS) is 1. The molecule has 0 atom stereocenters. The number of aryl methyl sites for hydroxylation is 1. The summed E-state index contributed by atoms with van der Waals surface area (Å²) in [6.07, 6.45) is 0. The Kier molecular flexibility index (Phi) is 4.46. The second kappa shape index (κ2) is 5.97. The lowest BCUT2D eigenvalue weighted by Gasteiger charge is -2.16. The number of benzene rings is 1. The van der Waals surface area contributed by atoms with Gasteiger partial charge in [-0.2, -0.15) is 4.31 Å². The summed E-state index contributed by atoms with van der Waals surface area (Å²) in [5.74, 6) is -1.13. The fraction of sp³-hybridized carbons (Fsp3) is 0.214. The summed E-state index contributed by atoms with van der Waals surface area (Å²) in [6, 6.07) is 8.78. The Morgan fingerprint density at radius 1 is 1.33 bits per heavy atom. The van der Waals surface area contributed by atoms with Crippen LogP contribution in [0.4, 0.5) is 0 Å². The van der Waals surface area contributed by atoms with Crippen molar-refractivity contribution in [3.8, 4) is 0 Å². The molecule has 2 rings (SSSR count). The van der Waals surface area contributed by atoms with Crippen molar-refractivity contribution in [2.45, 2.75) is 17.7 Å². The van der Waals surface area contributed by atoms with E-state index in [4.69, 9.17) is 5.11 Å². The molecule has 0 saturated carbocycles. The number of carboxylic acids is 1. The zero-order chi connectivity index (χ0) is 15.6. The Hall–Kier alpha value is -1.70. The molecule has 1 aromatic heterocycles. The number of sulfonamides is 1. The Morgan fingerprint density at radius 2 is 2.05 bits per heavy atom. The van der Waals surface area contributed by atoms with Gasteiger partial charge in [0.1, 0.15) is 4.21 Å². The van der Waals surface area contributed by atoms with E-state index in [1.165, 1.54) is 22.8 Å². The smallest absolute Gasteiger partial charge is 0.336 e. The van der Waals surface area contributed by atoms with E-state index in [0.29, 0.717) is 0 Å². The van der Waals surface area contributed by atoms with Crippen LogP contribution in [0.2, 0.25) is 0 Å². The van der Waals surface area contributed by atoms with Crippen molar-refractivity contribution >= 4 is 27.3 Å². The first-order valence-corrected chi connectivity index (χ1v) is 8.46. The van der Waals surface area contributed by atoms with E-state index in [1.807, 2.05) is 31.2 Å². The zero-order valence-electron chi connectivity index (χ0n) is 11.6. The molecule has 1 heterocycles. The first-order chi connectivity index (χ1) is 9.80. The molecule has 0 aliphatic carbocycles. The minimum absolute atomic E-state index is 0.0115. The van der Waals surface area contributed by atoms with Crippen LogP contribution in [0.1, 0.15) is 21.5 Å². The second-order valence-corrected chi connectivity index (χ2v) is 7.89. The van der Waals surface area contributed by atoms with Crippen molar-refractivity contribution in [1.82, 2.24) is 4.31 Å². The third-order valence-corrected chi connectivity index (χ3v) is 6.19. The standard InChI is InChI=1S/C14H15NO4S2/c1-10-4-3-5-11(6-10)8-15(2)21(18,19)13-7-12(9-20-13)14(16)17/h3-7,9H,8H2,1-2H3,(H,16,17). The van der Waals surface area contributed by atoms with Crippen LogP contribution in [0.3, 0.4) is 0 Å².